The number of rotatable bonds is 6. The fourth-order valence-electron chi connectivity index (χ4n) is 2.16. The Kier molecular flexibility index (Phi) is 6.78. The van der Waals surface area contributed by atoms with Crippen molar-refractivity contribution in [3.05, 3.63) is 35.4 Å². The van der Waals surface area contributed by atoms with E-state index in [2.05, 4.69) is 25.0 Å². The maximum absolute atomic E-state index is 12.1. The maximum atomic E-state index is 12.1. The van der Waals surface area contributed by atoms with Crippen LogP contribution in [-0.2, 0) is 9.53 Å². The van der Waals surface area contributed by atoms with E-state index in [1.807, 2.05) is 52.0 Å². The highest BCUT2D eigenvalue weighted by atomic mass is 28.3. The Hall–Kier alpha value is -1.62. The first-order chi connectivity index (χ1) is 10.9. The lowest BCUT2D eigenvalue weighted by atomic mass is 9.96. The topological polar surface area (TPSA) is 55.4 Å². The molecule has 0 saturated heterocycles. The van der Waals surface area contributed by atoms with Crippen molar-refractivity contribution in [2.24, 2.45) is 0 Å². The number of nitrogens with one attached hydrogen (secondary N) is 1. The number of ether oxygens (including phenoxy) is 1. The minimum absolute atomic E-state index is 0.0382. The van der Waals surface area contributed by atoms with Gasteiger partial charge < -0.3 is 10.1 Å². The minimum Gasteiger partial charge on any atom is -0.460 e. The zero-order valence-corrected chi connectivity index (χ0v) is 17.0. The lowest BCUT2D eigenvalue weighted by Crippen LogP contribution is -2.39. The van der Waals surface area contributed by atoms with Crippen LogP contribution in [0, 0.1) is 0 Å². The predicted molar refractivity (Wildman–Crippen MR) is 101 cm³/mol. The lowest BCUT2D eigenvalue weighted by Gasteiger charge is -2.21. The highest BCUT2D eigenvalue weighted by molar-refractivity contribution is 6.76. The van der Waals surface area contributed by atoms with Gasteiger partial charge in [0.05, 0.1) is 14.5 Å². The van der Waals surface area contributed by atoms with Crippen LogP contribution in [0.4, 0.5) is 0 Å². The van der Waals surface area contributed by atoms with Crippen LogP contribution < -0.4 is 5.32 Å². The van der Waals surface area contributed by atoms with Crippen LogP contribution in [0.1, 0.15) is 56.0 Å². The van der Waals surface area contributed by atoms with E-state index >= 15 is 0 Å². The summed E-state index contributed by atoms with van der Waals surface area (Å²) >= 11 is 0. The van der Waals surface area contributed by atoms with Gasteiger partial charge >= 0.3 is 5.97 Å². The highest BCUT2D eigenvalue weighted by Gasteiger charge is 2.20. The first-order valence-electron chi connectivity index (χ1n) is 8.47. The zero-order valence-electron chi connectivity index (χ0n) is 16.0. The summed E-state index contributed by atoms with van der Waals surface area (Å²) in [4.78, 5) is 24.1. The SMILES string of the molecule is C[C@H](CC(=O)OC(C)(C)C)c1ccc(C(=O)NC[Si](C)(C)C)cc1. The third-order valence-electron chi connectivity index (χ3n) is 3.41. The number of benzene rings is 1. The second kappa shape index (κ2) is 7.97. The van der Waals surface area contributed by atoms with E-state index in [1.165, 1.54) is 0 Å². The number of amides is 1. The molecule has 1 aromatic carbocycles. The summed E-state index contributed by atoms with van der Waals surface area (Å²) in [6.07, 6.45) is 1.10. The van der Waals surface area contributed by atoms with Crippen molar-refractivity contribution in [2.75, 3.05) is 6.17 Å². The molecule has 5 heteroatoms. The molecular formula is C19H31NO3Si. The summed E-state index contributed by atoms with van der Waals surface area (Å²) < 4.78 is 5.36. The van der Waals surface area contributed by atoms with Gasteiger partial charge in [0.25, 0.3) is 5.91 Å². The average Bonchev–Trinajstić information content (AvgIpc) is 2.42. The van der Waals surface area contributed by atoms with Crippen LogP contribution in [-0.4, -0.2) is 31.7 Å². The number of carbonyl (C=O) groups is 2. The van der Waals surface area contributed by atoms with E-state index < -0.39 is 13.7 Å². The van der Waals surface area contributed by atoms with Crippen LogP contribution >= 0.6 is 0 Å². The molecule has 0 aromatic heterocycles. The number of carbonyl (C=O) groups excluding carboxylic acids is 2. The molecule has 134 valence electrons. The molecule has 1 N–H and O–H groups in total. The number of hydrogen-bond acceptors (Lipinski definition) is 3. The van der Waals surface area contributed by atoms with Gasteiger partial charge in [0.1, 0.15) is 5.60 Å². The van der Waals surface area contributed by atoms with Gasteiger partial charge in [-0.25, -0.2) is 0 Å². The molecule has 0 spiro atoms. The van der Waals surface area contributed by atoms with Crippen molar-refractivity contribution in [1.29, 1.82) is 0 Å². The van der Waals surface area contributed by atoms with Gasteiger partial charge in [0.15, 0.2) is 0 Å². The van der Waals surface area contributed by atoms with Crippen molar-refractivity contribution >= 4 is 20.0 Å². The molecule has 0 radical (unpaired) electrons. The van der Waals surface area contributed by atoms with E-state index in [9.17, 15) is 9.59 Å². The third-order valence-corrected chi connectivity index (χ3v) is 4.65. The third kappa shape index (κ3) is 7.77. The molecule has 0 saturated carbocycles. The van der Waals surface area contributed by atoms with Gasteiger partial charge in [-0.2, -0.15) is 0 Å². The summed E-state index contributed by atoms with van der Waals surface area (Å²) in [5.74, 6) is -0.185. The predicted octanol–water partition coefficient (Wildman–Crippen LogP) is 4.13. The summed E-state index contributed by atoms with van der Waals surface area (Å²) in [5, 5.41) is 2.99. The molecule has 0 aliphatic heterocycles. The molecule has 0 heterocycles. The number of esters is 1. The Morgan fingerprint density at radius 3 is 2.12 bits per heavy atom. The molecule has 4 nitrogen and oxygen atoms in total. The van der Waals surface area contributed by atoms with Gasteiger partial charge in [-0.1, -0.05) is 38.7 Å². The van der Waals surface area contributed by atoms with E-state index in [-0.39, 0.29) is 17.8 Å². The first-order valence-corrected chi connectivity index (χ1v) is 12.2. The smallest absolute Gasteiger partial charge is 0.306 e. The highest BCUT2D eigenvalue weighted by Crippen LogP contribution is 2.21. The standard InChI is InChI=1S/C19H31NO3Si/c1-14(12-17(21)23-19(2,3)4)15-8-10-16(11-9-15)18(22)20-13-24(5,6)7/h8-11,14H,12-13H2,1-7H3,(H,20,22)/t14-/m1/s1. The van der Waals surface area contributed by atoms with Gasteiger partial charge in [-0.15, -0.1) is 0 Å². The van der Waals surface area contributed by atoms with Crippen molar-refractivity contribution in [1.82, 2.24) is 5.32 Å². The normalized spacial score (nSPS) is 13.3. The molecule has 1 aromatic rings. The Morgan fingerprint density at radius 2 is 1.67 bits per heavy atom. The van der Waals surface area contributed by atoms with Crippen LogP contribution in [0.3, 0.4) is 0 Å². The van der Waals surface area contributed by atoms with Crippen LogP contribution in [0.5, 0.6) is 0 Å². The van der Waals surface area contributed by atoms with Crippen molar-refractivity contribution in [2.45, 2.75) is 65.3 Å². The summed E-state index contributed by atoms with van der Waals surface area (Å²) in [5.41, 5.74) is 1.22. The fourth-order valence-corrected chi connectivity index (χ4v) is 2.85. The summed E-state index contributed by atoms with van der Waals surface area (Å²) in [7, 11) is -1.30. The lowest BCUT2D eigenvalue weighted by molar-refractivity contribution is -0.155. The Morgan fingerprint density at radius 1 is 1.12 bits per heavy atom. The van der Waals surface area contributed by atoms with Crippen LogP contribution in [0.25, 0.3) is 0 Å². The quantitative estimate of drug-likeness (QED) is 0.620. The molecule has 24 heavy (non-hydrogen) atoms. The zero-order chi connectivity index (χ0) is 18.5. The monoisotopic (exact) mass is 349 g/mol. The molecule has 1 atom stereocenters. The van der Waals surface area contributed by atoms with Crippen molar-refractivity contribution in [3.63, 3.8) is 0 Å². The molecule has 0 aliphatic rings. The van der Waals surface area contributed by atoms with Gasteiger partial charge in [-0.05, 0) is 44.4 Å². The summed E-state index contributed by atoms with van der Waals surface area (Å²) in [6, 6.07) is 7.47. The number of hydrogen-bond donors (Lipinski definition) is 1. The molecular weight excluding hydrogens is 318 g/mol. The summed E-state index contributed by atoms with van der Waals surface area (Å²) in [6.45, 7) is 14.2. The largest absolute Gasteiger partial charge is 0.460 e. The van der Waals surface area contributed by atoms with Crippen molar-refractivity contribution in [3.8, 4) is 0 Å². The first kappa shape index (κ1) is 20.4. The molecule has 1 rings (SSSR count). The van der Waals surface area contributed by atoms with Crippen molar-refractivity contribution < 1.29 is 14.3 Å². The Balaban J connectivity index is 2.63. The maximum Gasteiger partial charge on any atom is 0.306 e. The van der Waals surface area contributed by atoms with Crippen LogP contribution in [0.15, 0.2) is 24.3 Å². The van der Waals surface area contributed by atoms with Gasteiger partial charge in [0, 0.05) is 11.7 Å². The van der Waals surface area contributed by atoms with E-state index in [4.69, 9.17) is 4.74 Å². The van der Waals surface area contributed by atoms with E-state index in [0.717, 1.165) is 11.7 Å². The molecule has 0 bridgehead atoms. The van der Waals surface area contributed by atoms with Gasteiger partial charge in [-0.3, -0.25) is 9.59 Å². The average molecular weight is 350 g/mol. The molecule has 0 fully saturated rings. The molecule has 0 aliphatic carbocycles. The van der Waals surface area contributed by atoms with E-state index in [1.54, 1.807) is 0 Å². The van der Waals surface area contributed by atoms with Crippen LogP contribution in [0.2, 0.25) is 19.6 Å². The Bertz CT molecular complexity index is 568. The molecule has 0 unspecified atom stereocenters. The second-order valence-corrected chi connectivity index (χ2v) is 14.0. The molecule has 1 amide bonds. The fraction of sp³-hybridized carbons (Fsp3) is 0.579. The second-order valence-electron chi connectivity index (χ2n) is 8.56. The Labute approximate surface area is 147 Å². The van der Waals surface area contributed by atoms with E-state index in [0.29, 0.717) is 12.0 Å². The minimum atomic E-state index is -1.30. The van der Waals surface area contributed by atoms with Gasteiger partial charge in [0.2, 0.25) is 0 Å².